The van der Waals surface area contributed by atoms with Crippen LogP contribution < -0.4 is 21.7 Å². The van der Waals surface area contributed by atoms with Crippen molar-refractivity contribution < 1.29 is 33.9 Å². The number of carboxylic acids is 1. The zero-order valence-corrected chi connectivity index (χ0v) is 35.0. The van der Waals surface area contributed by atoms with Gasteiger partial charge in [-0.05, 0) is 63.1 Å². The van der Waals surface area contributed by atoms with Gasteiger partial charge < -0.3 is 56.4 Å². The van der Waals surface area contributed by atoms with Gasteiger partial charge in [0.25, 0.3) is 0 Å². The van der Waals surface area contributed by atoms with Crippen LogP contribution in [-0.2, 0) is 41.6 Å². The number of allylic oxidation sites excluding steroid dienone is 2. The summed E-state index contributed by atoms with van der Waals surface area (Å²) < 4.78 is 0. The van der Waals surface area contributed by atoms with Crippen LogP contribution in [0.1, 0.15) is 38.1 Å². The number of nitrogens with zero attached hydrogens (tertiary/aromatic N) is 5. The number of H-pyrrole nitrogens is 2. The minimum absolute atomic E-state index is 0.0136. The van der Waals surface area contributed by atoms with Crippen molar-refractivity contribution in [2.75, 3.05) is 72.0 Å². The van der Waals surface area contributed by atoms with Gasteiger partial charge in [-0.15, -0.1) is 0 Å². The number of nitrogens with one attached hydrogen (secondary N) is 5. The highest BCUT2D eigenvalue weighted by atomic mass is 16.4. The second-order valence-corrected chi connectivity index (χ2v) is 15.4. The number of aliphatic carboxylic acids is 1. The predicted octanol–water partition coefficient (Wildman–Crippen LogP) is 0.526. The van der Waals surface area contributed by atoms with Gasteiger partial charge in [-0.2, -0.15) is 0 Å². The lowest BCUT2D eigenvalue weighted by Crippen LogP contribution is -2.51. The first kappa shape index (κ1) is 45.8. The molecule has 2 aliphatic rings. The Labute approximate surface area is 355 Å². The first-order valence-electron chi connectivity index (χ1n) is 20.8. The van der Waals surface area contributed by atoms with E-state index in [9.17, 15) is 33.9 Å². The van der Waals surface area contributed by atoms with Crippen LogP contribution in [0, 0.1) is 5.92 Å². The quantitative estimate of drug-likeness (QED) is 0.0581. The minimum atomic E-state index is -1.18. The first-order chi connectivity index (χ1) is 29.4. The number of carbonyl (C=O) groups excluding carboxylic acids is 5. The molecule has 1 aliphatic carbocycles. The lowest BCUT2D eigenvalue weighted by atomic mass is 9.90. The Morgan fingerprint density at radius 1 is 0.836 bits per heavy atom. The standard InChI is InChI=1S/C43H59N11O7/c1-30(2)54(29-43(60)61)42(59)28-53(21-14-32-23-49-36-11-6-4-9-34(32)36)40(57)25-50-38(55)26-51(19-7-15-44)41(58)27-52(39(56)24-45-16-12-37-46-17-18-47-37)20-13-31-22-48-35-10-5-3-8-33(31)35/h3-6,8-11,17-18,22-23,30,34,36,45,48-49H,7,12-16,19-21,24-29,44H2,1-2H3,(H,46,47)(H,50,55)(H,60,61). The normalized spacial score (nSPS) is 15.2. The van der Waals surface area contributed by atoms with Crippen molar-refractivity contribution >= 4 is 46.4 Å². The molecule has 3 heterocycles. The lowest BCUT2D eigenvalue weighted by Gasteiger charge is -2.30. The fraction of sp³-hybridized carbons (Fsp3) is 0.465. The molecule has 2 aromatic heterocycles. The minimum Gasteiger partial charge on any atom is -0.480 e. The fourth-order valence-electron chi connectivity index (χ4n) is 7.36. The number of fused-ring (bicyclic) bond motifs is 2. The van der Waals surface area contributed by atoms with Crippen molar-refractivity contribution in [3.63, 3.8) is 0 Å². The Morgan fingerprint density at radius 2 is 1.56 bits per heavy atom. The molecule has 0 saturated heterocycles. The Hall–Kier alpha value is -6.27. The topological polar surface area (TPSA) is 242 Å². The highest BCUT2D eigenvalue weighted by Gasteiger charge is 2.30. The molecule has 1 aliphatic heterocycles. The maximum absolute atomic E-state index is 13.9. The number of carbonyl (C=O) groups is 6. The third kappa shape index (κ3) is 13.6. The van der Waals surface area contributed by atoms with Crippen LogP contribution in [0.25, 0.3) is 10.9 Å². The number of carboxylic acid groups (broad SMARTS) is 1. The van der Waals surface area contributed by atoms with Crippen molar-refractivity contribution in [1.29, 1.82) is 0 Å². The average molecular weight is 842 g/mol. The average Bonchev–Trinajstić information content (AvgIpc) is 4.02. The number of hydrogen-bond acceptors (Lipinski definition) is 10. The Bertz CT molecular complexity index is 2060. The number of rotatable bonds is 25. The van der Waals surface area contributed by atoms with Gasteiger partial charge in [-0.3, -0.25) is 28.8 Å². The highest BCUT2D eigenvalue weighted by Crippen LogP contribution is 2.28. The molecule has 0 spiro atoms. The van der Waals surface area contributed by atoms with Crippen LogP contribution in [0.15, 0.2) is 78.9 Å². The molecule has 18 heteroatoms. The number of amides is 5. The van der Waals surface area contributed by atoms with Crippen LogP contribution in [0.5, 0.6) is 0 Å². The molecule has 0 fully saturated rings. The lowest BCUT2D eigenvalue weighted by molar-refractivity contribution is -0.148. The van der Waals surface area contributed by atoms with Gasteiger partial charge in [-0.1, -0.05) is 42.5 Å². The summed E-state index contributed by atoms with van der Waals surface area (Å²) in [4.78, 5) is 95.5. The molecule has 0 radical (unpaired) electrons. The molecule has 0 saturated carbocycles. The molecule has 0 bridgehead atoms. The third-order valence-electron chi connectivity index (χ3n) is 10.8. The molecule has 5 amide bonds. The maximum Gasteiger partial charge on any atom is 0.323 e. The molecule has 8 N–H and O–H groups in total. The molecular weight excluding hydrogens is 783 g/mol. The summed E-state index contributed by atoms with van der Waals surface area (Å²) in [5, 5.41) is 19.5. The molecule has 3 aromatic rings. The van der Waals surface area contributed by atoms with Crippen molar-refractivity contribution in [2.24, 2.45) is 11.7 Å². The van der Waals surface area contributed by atoms with E-state index in [0.29, 0.717) is 32.2 Å². The molecule has 1 aromatic carbocycles. The molecule has 18 nitrogen and oxygen atoms in total. The zero-order chi connectivity index (χ0) is 43.7. The summed E-state index contributed by atoms with van der Waals surface area (Å²) in [6.07, 6.45) is 17.1. The Kier molecular flexibility index (Phi) is 17.2. The molecule has 2 atom stereocenters. The zero-order valence-electron chi connectivity index (χ0n) is 35.0. The van der Waals surface area contributed by atoms with Crippen LogP contribution >= 0.6 is 0 Å². The Balaban J connectivity index is 1.22. The monoisotopic (exact) mass is 841 g/mol. The van der Waals surface area contributed by atoms with Crippen LogP contribution in [0.2, 0.25) is 0 Å². The second-order valence-electron chi connectivity index (χ2n) is 15.4. The number of aromatic amines is 2. The number of benzene rings is 1. The van der Waals surface area contributed by atoms with E-state index in [1.54, 1.807) is 26.2 Å². The number of imidazole rings is 1. The van der Waals surface area contributed by atoms with Gasteiger partial charge in [0.2, 0.25) is 29.5 Å². The molecule has 61 heavy (non-hydrogen) atoms. The van der Waals surface area contributed by atoms with Crippen LogP contribution in [-0.4, -0.2) is 159 Å². The van der Waals surface area contributed by atoms with Crippen molar-refractivity contribution in [2.45, 2.75) is 51.6 Å². The molecule has 328 valence electrons. The Morgan fingerprint density at radius 3 is 2.30 bits per heavy atom. The fourth-order valence-corrected chi connectivity index (χ4v) is 7.36. The van der Waals surface area contributed by atoms with Gasteiger partial charge in [0, 0.05) is 74.1 Å². The number of hydrogen-bond donors (Lipinski definition) is 7. The summed E-state index contributed by atoms with van der Waals surface area (Å²) in [7, 11) is 0. The summed E-state index contributed by atoms with van der Waals surface area (Å²) in [6.45, 7) is 2.62. The van der Waals surface area contributed by atoms with E-state index in [-0.39, 0.29) is 63.7 Å². The highest BCUT2D eigenvalue weighted by molar-refractivity contribution is 5.92. The van der Waals surface area contributed by atoms with Gasteiger partial charge in [-0.25, -0.2) is 4.98 Å². The smallest absolute Gasteiger partial charge is 0.323 e. The van der Waals surface area contributed by atoms with Gasteiger partial charge in [0.15, 0.2) is 0 Å². The summed E-state index contributed by atoms with van der Waals surface area (Å²) in [5.74, 6) is -2.74. The van der Waals surface area contributed by atoms with Crippen molar-refractivity contribution in [3.8, 4) is 0 Å². The predicted molar refractivity (Wildman–Crippen MR) is 229 cm³/mol. The maximum atomic E-state index is 13.9. The van der Waals surface area contributed by atoms with Gasteiger partial charge in [0.1, 0.15) is 12.4 Å². The third-order valence-corrected chi connectivity index (χ3v) is 10.8. The molecule has 2 unspecified atom stereocenters. The van der Waals surface area contributed by atoms with E-state index in [1.165, 1.54) is 19.6 Å². The second kappa shape index (κ2) is 22.9. The number of para-hydroxylation sites is 1. The van der Waals surface area contributed by atoms with E-state index in [0.717, 1.165) is 27.9 Å². The molecule has 5 rings (SSSR count). The van der Waals surface area contributed by atoms with E-state index in [2.05, 4.69) is 37.0 Å². The number of nitrogens with two attached hydrogens (primary N) is 1. The van der Waals surface area contributed by atoms with E-state index < -0.39 is 55.3 Å². The SMILES string of the molecule is CC(C)N(CC(=O)O)C(=O)CN(CCC1=CNC2C=CC=CC12)C(=O)CNC(=O)CN(CCCN)C(=O)CN(CCc1c[nH]c2ccccc12)C(=O)CNCCc1ncc[nH]1. The molecular formula is C43H59N11O7. The van der Waals surface area contributed by atoms with Gasteiger partial charge in [0.05, 0.1) is 38.8 Å². The van der Waals surface area contributed by atoms with E-state index >= 15 is 0 Å². The summed E-state index contributed by atoms with van der Waals surface area (Å²) in [5.41, 5.74) is 8.80. The van der Waals surface area contributed by atoms with Crippen LogP contribution in [0.4, 0.5) is 0 Å². The van der Waals surface area contributed by atoms with Crippen molar-refractivity contribution in [1.82, 2.24) is 50.5 Å². The number of aromatic nitrogens is 3. The summed E-state index contributed by atoms with van der Waals surface area (Å²) >= 11 is 0. The van der Waals surface area contributed by atoms with Crippen LogP contribution in [0.3, 0.4) is 0 Å². The van der Waals surface area contributed by atoms with Gasteiger partial charge >= 0.3 is 5.97 Å². The van der Waals surface area contributed by atoms with E-state index in [4.69, 9.17) is 5.73 Å². The van der Waals surface area contributed by atoms with Crippen molar-refractivity contribution in [3.05, 3.63) is 90.3 Å². The first-order valence-corrected chi connectivity index (χ1v) is 20.8. The summed E-state index contributed by atoms with van der Waals surface area (Å²) in [6, 6.07) is 7.51. The largest absolute Gasteiger partial charge is 0.480 e. The van der Waals surface area contributed by atoms with E-state index in [1.807, 2.05) is 54.9 Å².